The summed E-state index contributed by atoms with van der Waals surface area (Å²) in [7, 11) is 0. The smallest absolute Gasteiger partial charge is 0.261 e. The summed E-state index contributed by atoms with van der Waals surface area (Å²) in [5.41, 5.74) is 0.859. The van der Waals surface area contributed by atoms with Crippen molar-refractivity contribution in [2.24, 2.45) is 0 Å². The first-order chi connectivity index (χ1) is 12.1. The van der Waals surface area contributed by atoms with Crippen molar-refractivity contribution >= 4 is 11.8 Å². The molecule has 0 radical (unpaired) electrons. The molecule has 0 unspecified atom stereocenters. The number of rotatable bonds is 4. The maximum absolute atomic E-state index is 12.4. The number of ether oxygens (including phenoxy) is 2. The number of imide groups is 1. The molecule has 0 N–H and O–H groups in total. The highest BCUT2D eigenvalue weighted by Gasteiger charge is 2.45. The van der Waals surface area contributed by atoms with Gasteiger partial charge in [0.15, 0.2) is 0 Å². The molecular formula is C19H24N2O4. The van der Waals surface area contributed by atoms with Crippen LogP contribution in [0.2, 0.25) is 0 Å². The lowest BCUT2D eigenvalue weighted by atomic mass is 9.94. The van der Waals surface area contributed by atoms with Crippen LogP contribution in [0.25, 0.3) is 0 Å². The molecule has 6 heteroatoms. The fourth-order valence-electron chi connectivity index (χ4n) is 4.13. The maximum Gasteiger partial charge on any atom is 0.261 e. The number of morpholine rings is 1. The zero-order chi connectivity index (χ0) is 17.4. The summed E-state index contributed by atoms with van der Waals surface area (Å²) in [5.74, 6) is -0.339. The van der Waals surface area contributed by atoms with Crippen LogP contribution in [0.5, 0.6) is 0 Å². The van der Waals surface area contributed by atoms with Gasteiger partial charge in [-0.15, -0.1) is 0 Å². The van der Waals surface area contributed by atoms with Crippen LogP contribution in [0.4, 0.5) is 0 Å². The van der Waals surface area contributed by atoms with Crippen LogP contribution in [0.3, 0.4) is 0 Å². The van der Waals surface area contributed by atoms with Gasteiger partial charge in [-0.2, -0.15) is 0 Å². The Balaban J connectivity index is 1.33. The van der Waals surface area contributed by atoms with Gasteiger partial charge in [0.05, 0.1) is 23.8 Å². The summed E-state index contributed by atoms with van der Waals surface area (Å²) >= 11 is 0. The van der Waals surface area contributed by atoms with E-state index in [0.717, 1.165) is 39.1 Å². The molecule has 2 atom stereocenters. The summed E-state index contributed by atoms with van der Waals surface area (Å²) in [6, 6.07) is 7.04. The molecule has 0 bridgehead atoms. The van der Waals surface area contributed by atoms with Gasteiger partial charge < -0.3 is 9.47 Å². The molecule has 0 aliphatic carbocycles. The molecule has 4 rings (SSSR count). The van der Waals surface area contributed by atoms with Crippen LogP contribution in [-0.2, 0) is 9.47 Å². The Labute approximate surface area is 147 Å². The minimum Gasteiger partial charge on any atom is -0.375 e. The summed E-state index contributed by atoms with van der Waals surface area (Å²) in [6.45, 7) is 6.60. The second kappa shape index (κ2) is 6.52. The summed E-state index contributed by atoms with van der Waals surface area (Å²) in [5, 5.41) is 0. The molecule has 3 heterocycles. The minimum atomic E-state index is -0.187. The molecule has 3 aliphatic rings. The molecule has 2 fully saturated rings. The van der Waals surface area contributed by atoms with Crippen molar-refractivity contribution < 1.29 is 19.1 Å². The Morgan fingerprint density at radius 3 is 2.48 bits per heavy atom. The van der Waals surface area contributed by atoms with Crippen LogP contribution in [0.1, 0.15) is 40.5 Å². The van der Waals surface area contributed by atoms with Crippen molar-refractivity contribution in [3.63, 3.8) is 0 Å². The van der Waals surface area contributed by atoms with Gasteiger partial charge in [-0.3, -0.25) is 19.4 Å². The highest BCUT2D eigenvalue weighted by atomic mass is 16.6. The number of fused-ring (bicyclic) bond motifs is 1. The molecule has 134 valence electrons. The topological polar surface area (TPSA) is 59.1 Å². The van der Waals surface area contributed by atoms with Gasteiger partial charge in [-0.05, 0) is 25.5 Å². The van der Waals surface area contributed by atoms with Gasteiger partial charge in [0.2, 0.25) is 0 Å². The lowest BCUT2D eigenvalue weighted by Crippen LogP contribution is -2.55. The van der Waals surface area contributed by atoms with E-state index < -0.39 is 0 Å². The van der Waals surface area contributed by atoms with Crippen molar-refractivity contribution in [2.45, 2.75) is 31.5 Å². The molecule has 0 aromatic heterocycles. The predicted octanol–water partition coefficient (Wildman–Crippen LogP) is 1.55. The highest BCUT2D eigenvalue weighted by molar-refractivity contribution is 6.21. The molecule has 2 amide bonds. The van der Waals surface area contributed by atoms with Crippen molar-refractivity contribution in [1.82, 2.24) is 9.80 Å². The molecule has 25 heavy (non-hydrogen) atoms. The van der Waals surface area contributed by atoms with Gasteiger partial charge in [-0.25, -0.2) is 0 Å². The third kappa shape index (κ3) is 2.88. The third-order valence-corrected chi connectivity index (χ3v) is 5.66. The minimum absolute atomic E-state index is 0.117. The van der Waals surface area contributed by atoms with E-state index in [-0.39, 0.29) is 23.5 Å². The number of hydrogen-bond acceptors (Lipinski definition) is 5. The first-order valence-corrected chi connectivity index (χ1v) is 9.04. The van der Waals surface area contributed by atoms with Crippen LogP contribution >= 0.6 is 0 Å². The number of carbonyl (C=O) groups excluding carboxylic acids is 2. The van der Waals surface area contributed by atoms with E-state index in [0.29, 0.717) is 24.3 Å². The zero-order valence-electron chi connectivity index (χ0n) is 14.6. The third-order valence-electron chi connectivity index (χ3n) is 5.66. The average molecular weight is 344 g/mol. The molecule has 0 saturated carbocycles. The Hall–Kier alpha value is -1.76. The summed E-state index contributed by atoms with van der Waals surface area (Å²) in [6.07, 6.45) is 1.83. The van der Waals surface area contributed by atoms with E-state index >= 15 is 0 Å². The van der Waals surface area contributed by atoms with Gasteiger partial charge in [0.25, 0.3) is 11.8 Å². The van der Waals surface area contributed by atoms with Crippen LogP contribution in [0.15, 0.2) is 24.3 Å². The lowest BCUT2D eigenvalue weighted by molar-refractivity contribution is -0.135. The van der Waals surface area contributed by atoms with Crippen LogP contribution < -0.4 is 0 Å². The average Bonchev–Trinajstić information content (AvgIpc) is 3.08. The number of hydrogen-bond donors (Lipinski definition) is 0. The quantitative estimate of drug-likeness (QED) is 0.776. The van der Waals surface area contributed by atoms with E-state index in [1.165, 1.54) is 4.90 Å². The van der Waals surface area contributed by atoms with E-state index in [4.69, 9.17) is 9.47 Å². The summed E-state index contributed by atoms with van der Waals surface area (Å²) in [4.78, 5) is 28.5. The van der Waals surface area contributed by atoms with Gasteiger partial charge in [0, 0.05) is 39.2 Å². The molecule has 1 spiro atoms. The Kier molecular flexibility index (Phi) is 4.35. The number of nitrogens with zero attached hydrogens (tertiary/aromatic N) is 2. The predicted molar refractivity (Wildman–Crippen MR) is 91.6 cm³/mol. The first kappa shape index (κ1) is 16.7. The molecule has 6 nitrogen and oxygen atoms in total. The number of amides is 2. The van der Waals surface area contributed by atoms with E-state index in [9.17, 15) is 9.59 Å². The van der Waals surface area contributed by atoms with Crippen LogP contribution in [0, 0.1) is 0 Å². The molecule has 1 aromatic carbocycles. The monoisotopic (exact) mass is 344 g/mol. The lowest BCUT2D eigenvalue weighted by Gasteiger charge is -2.42. The maximum atomic E-state index is 12.4. The summed E-state index contributed by atoms with van der Waals surface area (Å²) < 4.78 is 11.7. The van der Waals surface area contributed by atoms with Crippen molar-refractivity contribution in [3.05, 3.63) is 35.4 Å². The molecular weight excluding hydrogens is 320 g/mol. The van der Waals surface area contributed by atoms with Gasteiger partial charge in [0.1, 0.15) is 5.60 Å². The molecule has 1 aromatic rings. The standard InChI is InChI=1S/C19H24N2O4/c1-14-19(7-11-24-14)13-20(10-12-25-19)8-4-9-21-17(22)15-5-2-3-6-16(15)18(21)23/h2-3,5-6,14H,4,7-13H2,1H3/t14-,19-/m1/s1. The SMILES string of the molecule is C[C@H]1OCC[C@@]12CN(CCCN1C(=O)c3ccccc3C1=O)CCO2. The van der Waals surface area contributed by atoms with Crippen molar-refractivity contribution in [3.8, 4) is 0 Å². The second-order valence-corrected chi connectivity index (χ2v) is 7.11. The Bertz CT molecular complexity index is 657. The Morgan fingerprint density at radius 1 is 1.12 bits per heavy atom. The van der Waals surface area contributed by atoms with E-state index in [2.05, 4.69) is 11.8 Å². The fourth-order valence-corrected chi connectivity index (χ4v) is 4.13. The second-order valence-electron chi connectivity index (χ2n) is 7.11. The normalized spacial score (nSPS) is 29.6. The number of carbonyl (C=O) groups is 2. The van der Waals surface area contributed by atoms with Gasteiger partial charge in [-0.1, -0.05) is 12.1 Å². The van der Waals surface area contributed by atoms with Crippen LogP contribution in [-0.4, -0.2) is 72.7 Å². The molecule has 2 saturated heterocycles. The van der Waals surface area contributed by atoms with Crippen molar-refractivity contribution in [2.75, 3.05) is 39.4 Å². The zero-order valence-corrected chi connectivity index (χ0v) is 14.6. The van der Waals surface area contributed by atoms with E-state index in [1.54, 1.807) is 24.3 Å². The Morgan fingerprint density at radius 2 is 1.84 bits per heavy atom. The van der Waals surface area contributed by atoms with E-state index in [1.807, 2.05) is 0 Å². The van der Waals surface area contributed by atoms with Gasteiger partial charge >= 0.3 is 0 Å². The largest absolute Gasteiger partial charge is 0.375 e. The fraction of sp³-hybridized carbons (Fsp3) is 0.579. The van der Waals surface area contributed by atoms with Crippen molar-refractivity contribution in [1.29, 1.82) is 0 Å². The first-order valence-electron chi connectivity index (χ1n) is 9.04. The molecule has 3 aliphatic heterocycles. The highest BCUT2D eigenvalue weighted by Crippen LogP contribution is 2.33. The number of benzene rings is 1.